The molecule has 0 fully saturated rings. The highest BCUT2D eigenvalue weighted by atomic mass is 16.5. The van der Waals surface area contributed by atoms with Gasteiger partial charge >= 0.3 is 0 Å². The minimum Gasteiger partial charge on any atom is -0.493 e. The average molecular weight is 346 g/mol. The fraction of sp³-hybridized carbons (Fsp3) is 0.353. The van der Waals surface area contributed by atoms with Crippen LogP contribution in [0.3, 0.4) is 0 Å². The summed E-state index contributed by atoms with van der Waals surface area (Å²) < 4.78 is 12.4. The number of hydrogen-bond acceptors (Lipinski definition) is 5. The Bertz CT molecular complexity index is 755. The van der Waals surface area contributed by atoms with E-state index in [4.69, 9.17) is 15.2 Å². The zero-order chi connectivity index (χ0) is 18.4. The van der Waals surface area contributed by atoms with E-state index < -0.39 is 5.91 Å². The van der Waals surface area contributed by atoms with Crippen molar-refractivity contribution in [3.05, 3.63) is 36.0 Å². The number of carbonyl (C=O) groups is 2. The molecule has 8 heteroatoms. The van der Waals surface area contributed by atoms with Crippen LogP contribution in [0.15, 0.2) is 30.5 Å². The lowest BCUT2D eigenvalue weighted by atomic mass is 10.2. The second-order valence-corrected chi connectivity index (χ2v) is 5.67. The Kier molecular flexibility index (Phi) is 5.99. The van der Waals surface area contributed by atoms with E-state index in [1.807, 2.05) is 13.8 Å². The summed E-state index contributed by atoms with van der Waals surface area (Å²) in [6.45, 7) is 4.18. The SMILES string of the molecule is COc1cc(C(=O)Nc2ccn(CCC(N)=O)n2)ccc1OC(C)C. The fourth-order valence-electron chi connectivity index (χ4n) is 2.13. The van der Waals surface area contributed by atoms with Gasteiger partial charge in [0.25, 0.3) is 5.91 Å². The first kappa shape index (κ1) is 18.3. The summed E-state index contributed by atoms with van der Waals surface area (Å²) in [4.78, 5) is 23.1. The van der Waals surface area contributed by atoms with Gasteiger partial charge in [0, 0.05) is 30.8 Å². The Balaban J connectivity index is 2.06. The quantitative estimate of drug-likeness (QED) is 0.758. The van der Waals surface area contributed by atoms with E-state index in [0.717, 1.165) is 0 Å². The van der Waals surface area contributed by atoms with Gasteiger partial charge in [-0.2, -0.15) is 5.10 Å². The fourth-order valence-corrected chi connectivity index (χ4v) is 2.13. The third kappa shape index (κ3) is 5.23. The zero-order valence-corrected chi connectivity index (χ0v) is 14.5. The number of anilines is 1. The molecular weight excluding hydrogens is 324 g/mol. The van der Waals surface area contributed by atoms with Gasteiger partial charge in [0.05, 0.1) is 13.2 Å². The van der Waals surface area contributed by atoms with Crippen molar-refractivity contribution in [1.29, 1.82) is 0 Å². The maximum absolute atomic E-state index is 12.4. The summed E-state index contributed by atoms with van der Waals surface area (Å²) in [6.07, 6.45) is 1.85. The molecule has 0 aliphatic heterocycles. The van der Waals surface area contributed by atoms with Crippen molar-refractivity contribution < 1.29 is 19.1 Å². The number of carbonyl (C=O) groups excluding carboxylic acids is 2. The largest absolute Gasteiger partial charge is 0.493 e. The van der Waals surface area contributed by atoms with Crippen molar-refractivity contribution in [2.45, 2.75) is 32.9 Å². The summed E-state index contributed by atoms with van der Waals surface area (Å²) in [5.74, 6) is 0.709. The molecule has 0 radical (unpaired) electrons. The van der Waals surface area contributed by atoms with Crippen LogP contribution >= 0.6 is 0 Å². The van der Waals surface area contributed by atoms with Crippen molar-refractivity contribution >= 4 is 17.6 Å². The minimum absolute atomic E-state index is 0.00190. The summed E-state index contributed by atoms with van der Waals surface area (Å²) in [5.41, 5.74) is 5.52. The molecule has 1 aromatic carbocycles. The number of methoxy groups -OCH3 is 1. The molecule has 0 atom stereocenters. The lowest BCUT2D eigenvalue weighted by Crippen LogP contribution is -2.15. The number of rotatable bonds is 8. The molecular formula is C17H22N4O4. The van der Waals surface area contributed by atoms with E-state index in [9.17, 15) is 9.59 Å². The molecule has 0 saturated carbocycles. The molecule has 1 aromatic heterocycles. The number of aryl methyl sites for hydroxylation is 1. The van der Waals surface area contributed by atoms with Gasteiger partial charge in [-0.15, -0.1) is 0 Å². The Morgan fingerprint density at radius 2 is 2.04 bits per heavy atom. The van der Waals surface area contributed by atoms with Gasteiger partial charge in [-0.1, -0.05) is 0 Å². The van der Waals surface area contributed by atoms with E-state index in [1.165, 1.54) is 7.11 Å². The molecule has 0 saturated heterocycles. The number of aromatic nitrogens is 2. The van der Waals surface area contributed by atoms with Crippen LogP contribution in [-0.4, -0.2) is 34.8 Å². The van der Waals surface area contributed by atoms with Crippen LogP contribution in [-0.2, 0) is 11.3 Å². The van der Waals surface area contributed by atoms with Crippen LogP contribution in [0.25, 0.3) is 0 Å². The Labute approximate surface area is 145 Å². The molecule has 0 aliphatic rings. The highest BCUT2D eigenvalue weighted by Gasteiger charge is 2.13. The van der Waals surface area contributed by atoms with E-state index in [2.05, 4.69) is 10.4 Å². The molecule has 134 valence electrons. The number of nitrogens with two attached hydrogens (primary N) is 1. The topological polar surface area (TPSA) is 108 Å². The van der Waals surface area contributed by atoms with Crippen LogP contribution in [0.4, 0.5) is 5.82 Å². The highest BCUT2D eigenvalue weighted by molar-refractivity contribution is 6.04. The maximum atomic E-state index is 12.4. The lowest BCUT2D eigenvalue weighted by molar-refractivity contribution is -0.118. The van der Waals surface area contributed by atoms with Crippen LogP contribution in [0, 0.1) is 0 Å². The first-order chi connectivity index (χ1) is 11.9. The van der Waals surface area contributed by atoms with Crippen molar-refractivity contribution in [3.63, 3.8) is 0 Å². The molecule has 1 heterocycles. The van der Waals surface area contributed by atoms with E-state index >= 15 is 0 Å². The Morgan fingerprint density at radius 1 is 1.28 bits per heavy atom. The number of amides is 2. The summed E-state index contributed by atoms with van der Waals surface area (Å²) in [6, 6.07) is 6.60. The number of nitrogens with one attached hydrogen (secondary N) is 1. The van der Waals surface area contributed by atoms with Crippen LogP contribution in [0.5, 0.6) is 11.5 Å². The summed E-state index contributed by atoms with van der Waals surface area (Å²) >= 11 is 0. The first-order valence-electron chi connectivity index (χ1n) is 7.87. The molecule has 0 bridgehead atoms. The zero-order valence-electron chi connectivity index (χ0n) is 14.5. The van der Waals surface area contributed by atoms with E-state index in [1.54, 1.807) is 35.1 Å². The average Bonchev–Trinajstić information content (AvgIpc) is 3.00. The second-order valence-electron chi connectivity index (χ2n) is 5.67. The van der Waals surface area contributed by atoms with Gasteiger partial charge in [0.15, 0.2) is 17.3 Å². The number of ether oxygens (including phenoxy) is 2. The number of primary amides is 1. The predicted molar refractivity (Wildman–Crippen MR) is 92.7 cm³/mol. The number of benzene rings is 1. The Morgan fingerprint density at radius 3 is 2.68 bits per heavy atom. The van der Waals surface area contributed by atoms with Crippen molar-refractivity contribution in [1.82, 2.24) is 9.78 Å². The van der Waals surface area contributed by atoms with Gasteiger partial charge < -0.3 is 20.5 Å². The maximum Gasteiger partial charge on any atom is 0.257 e. The van der Waals surface area contributed by atoms with Crippen LogP contribution < -0.4 is 20.5 Å². The molecule has 2 aromatic rings. The molecule has 0 unspecified atom stereocenters. The molecule has 2 rings (SSSR count). The third-order valence-corrected chi connectivity index (χ3v) is 3.26. The molecule has 3 N–H and O–H groups in total. The normalized spacial score (nSPS) is 10.6. The van der Waals surface area contributed by atoms with Crippen molar-refractivity contribution in [3.8, 4) is 11.5 Å². The standard InChI is InChI=1S/C17H22N4O4/c1-11(2)25-13-5-4-12(10-14(13)24-3)17(23)19-16-7-9-21(20-16)8-6-15(18)22/h4-5,7,9-11H,6,8H2,1-3H3,(H2,18,22)(H,19,20,23). The van der Waals surface area contributed by atoms with Crippen LogP contribution in [0.1, 0.15) is 30.6 Å². The summed E-state index contributed by atoms with van der Waals surface area (Å²) in [5, 5.41) is 6.86. The molecule has 2 amide bonds. The van der Waals surface area contributed by atoms with E-state index in [0.29, 0.717) is 29.4 Å². The molecule has 25 heavy (non-hydrogen) atoms. The first-order valence-corrected chi connectivity index (χ1v) is 7.87. The third-order valence-electron chi connectivity index (χ3n) is 3.26. The van der Waals surface area contributed by atoms with Crippen molar-refractivity contribution in [2.75, 3.05) is 12.4 Å². The Hall–Kier alpha value is -3.03. The van der Waals surface area contributed by atoms with Gasteiger partial charge in [0.1, 0.15) is 0 Å². The van der Waals surface area contributed by atoms with Gasteiger partial charge in [0.2, 0.25) is 5.91 Å². The number of hydrogen-bond donors (Lipinski definition) is 2. The highest BCUT2D eigenvalue weighted by Crippen LogP contribution is 2.29. The van der Waals surface area contributed by atoms with E-state index in [-0.39, 0.29) is 18.4 Å². The minimum atomic E-state index is -0.406. The predicted octanol–water partition coefficient (Wildman–Crippen LogP) is 1.81. The monoisotopic (exact) mass is 346 g/mol. The smallest absolute Gasteiger partial charge is 0.257 e. The number of nitrogens with zero attached hydrogens (tertiary/aromatic N) is 2. The van der Waals surface area contributed by atoms with Crippen LogP contribution in [0.2, 0.25) is 0 Å². The lowest BCUT2D eigenvalue weighted by Gasteiger charge is -2.14. The molecule has 8 nitrogen and oxygen atoms in total. The summed E-state index contributed by atoms with van der Waals surface area (Å²) in [7, 11) is 1.52. The van der Waals surface area contributed by atoms with Gasteiger partial charge in [-0.25, -0.2) is 0 Å². The van der Waals surface area contributed by atoms with Gasteiger partial charge in [-0.3, -0.25) is 14.3 Å². The second kappa shape index (κ2) is 8.18. The molecule has 0 aliphatic carbocycles. The molecule has 0 spiro atoms. The van der Waals surface area contributed by atoms with Gasteiger partial charge in [-0.05, 0) is 32.0 Å². The van der Waals surface area contributed by atoms with Crippen molar-refractivity contribution in [2.24, 2.45) is 5.73 Å².